The number of allylic oxidation sites excluding steroid dienone is 5. The van der Waals surface area contributed by atoms with Crippen molar-refractivity contribution in [3.05, 3.63) is 36.5 Å². The first-order valence-corrected chi connectivity index (χ1v) is 8.72. The lowest BCUT2D eigenvalue weighted by molar-refractivity contribution is 0.262. The molecular weight excluding hydrogens is 280 g/mol. The highest BCUT2D eigenvalue weighted by molar-refractivity contribution is 5.22. The van der Waals surface area contributed by atoms with Gasteiger partial charge in [0.2, 0.25) is 0 Å². The van der Waals surface area contributed by atoms with Gasteiger partial charge in [0.1, 0.15) is 0 Å². The Bertz CT molecular complexity index is 334. The van der Waals surface area contributed by atoms with Crippen LogP contribution in [0.25, 0.3) is 0 Å². The fraction of sp³-hybridized carbons (Fsp3) is 0.684. The quantitative estimate of drug-likeness (QED) is 0.267. The summed E-state index contributed by atoms with van der Waals surface area (Å²) in [5, 5.41) is 0. The highest BCUT2D eigenvalue weighted by Crippen LogP contribution is 2.15. The van der Waals surface area contributed by atoms with E-state index < -0.39 is 11.7 Å². The normalized spacial score (nSPS) is 13.0. The highest BCUT2D eigenvalue weighted by atomic mass is 19.2. The van der Waals surface area contributed by atoms with E-state index in [-0.39, 0.29) is 0 Å². The first-order valence-electron chi connectivity index (χ1n) is 8.72. The lowest BCUT2D eigenvalue weighted by Crippen LogP contribution is -2.26. The van der Waals surface area contributed by atoms with Crippen molar-refractivity contribution < 1.29 is 8.78 Å². The van der Waals surface area contributed by atoms with Crippen LogP contribution < -0.4 is 0 Å². The second-order valence-electron chi connectivity index (χ2n) is 5.70. The van der Waals surface area contributed by atoms with E-state index in [2.05, 4.69) is 25.3 Å². The molecule has 0 rings (SSSR count). The predicted octanol–water partition coefficient (Wildman–Crippen LogP) is 6.34. The Morgan fingerprint density at radius 2 is 1.55 bits per heavy atom. The van der Waals surface area contributed by atoms with Gasteiger partial charge in [0.05, 0.1) is 0 Å². The van der Waals surface area contributed by atoms with E-state index in [0.717, 1.165) is 38.4 Å². The average molecular weight is 313 g/mol. The van der Waals surface area contributed by atoms with Gasteiger partial charge >= 0.3 is 0 Å². The van der Waals surface area contributed by atoms with Gasteiger partial charge in [0, 0.05) is 0 Å². The van der Waals surface area contributed by atoms with Crippen LogP contribution in [0.3, 0.4) is 0 Å². The summed E-state index contributed by atoms with van der Waals surface area (Å²) in [6.45, 7) is 11.3. The zero-order chi connectivity index (χ0) is 16.6. The molecule has 0 N–H and O–H groups in total. The van der Waals surface area contributed by atoms with E-state index in [1.807, 2.05) is 0 Å². The fourth-order valence-corrected chi connectivity index (χ4v) is 2.40. The molecule has 1 nitrogen and oxygen atoms in total. The van der Waals surface area contributed by atoms with E-state index in [1.54, 1.807) is 0 Å². The van der Waals surface area contributed by atoms with Crippen molar-refractivity contribution in [1.82, 2.24) is 4.90 Å². The van der Waals surface area contributed by atoms with Crippen molar-refractivity contribution in [2.45, 2.75) is 65.2 Å². The van der Waals surface area contributed by atoms with Crippen molar-refractivity contribution in [3.63, 3.8) is 0 Å². The molecule has 0 aromatic heterocycles. The Labute approximate surface area is 135 Å². The second-order valence-corrected chi connectivity index (χ2v) is 5.70. The van der Waals surface area contributed by atoms with E-state index in [0.29, 0.717) is 6.42 Å². The van der Waals surface area contributed by atoms with Crippen molar-refractivity contribution >= 4 is 0 Å². The Hall–Kier alpha value is -0.960. The molecule has 3 heteroatoms. The topological polar surface area (TPSA) is 3.24 Å². The lowest BCUT2D eigenvalue weighted by atomic mass is 10.1. The number of hydrogen-bond acceptors (Lipinski definition) is 1. The first-order chi connectivity index (χ1) is 10.7. The summed E-state index contributed by atoms with van der Waals surface area (Å²) in [4.78, 5) is 2.53. The molecule has 0 saturated heterocycles. The summed E-state index contributed by atoms with van der Waals surface area (Å²) in [5.41, 5.74) is 0. The van der Waals surface area contributed by atoms with Gasteiger partial charge in [-0.25, -0.2) is 8.78 Å². The minimum atomic E-state index is -0.833. The van der Waals surface area contributed by atoms with Gasteiger partial charge in [-0.3, -0.25) is 0 Å². The summed E-state index contributed by atoms with van der Waals surface area (Å²) in [6, 6.07) is 0. The second kappa shape index (κ2) is 15.0. The van der Waals surface area contributed by atoms with Crippen LogP contribution in [0.5, 0.6) is 0 Å². The molecular formula is C19H33F2N. The summed E-state index contributed by atoms with van der Waals surface area (Å²) in [5.74, 6) is -1.60. The number of nitrogens with zero attached hydrogens (tertiary/aromatic N) is 1. The van der Waals surface area contributed by atoms with Gasteiger partial charge in [-0.1, -0.05) is 45.8 Å². The van der Waals surface area contributed by atoms with Crippen molar-refractivity contribution in [2.75, 3.05) is 19.6 Å². The molecule has 0 spiro atoms. The molecule has 0 unspecified atom stereocenters. The maximum Gasteiger partial charge on any atom is 0.158 e. The van der Waals surface area contributed by atoms with E-state index in [1.165, 1.54) is 44.4 Å². The summed E-state index contributed by atoms with van der Waals surface area (Å²) >= 11 is 0. The molecule has 0 amide bonds. The monoisotopic (exact) mass is 313 g/mol. The molecule has 0 aliphatic heterocycles. The third-order valence-electron chi connectivity index (χ3n) is 3.61. The Balaban J connectivity index is 3.82. The van der Waals surface area contributed by atoms with Crippen LogP contribution in [0.4, 0.5) is 8.78 Å². The molecule has 0 bridgehead atoms. The standard InChI is InChI=1S/C19H33F2N/c1-4-7-11-16-22(15-6-3)17-12-9-8-10-14-19(21)18(20)13-5-2/h5,13-14H,2,4,6-12,15-17H2,1,3H3/b18-13+,19-14+. The fourth-order valence-electron chi connectivity index (χ4n) is 2.40. The predicted molar refractivity (Wildman–Crippen MR) is 93.3 cm³/mol. The molecule has 0 aliphatic carbocycles. The molecule has 0 radical (unpaired) electrons. The SMILES string of the molecule is C=C/C=C(F)\C(F)=C/CCCCCN(CCC)CCCCC. The largest absolute Gasteiger partial charge is 0.303 e. The van der Waals surface area contributed by atoms with E-state index in [9.17, 15) is 8.78 Å². The Morgan fingerprint density at radius 3 is 2.14 bits per heavy atom. The maximum atomic E-state index is 13.3. The molecule has 0 aromatic rings. The number of unbranched alkanes of at least 4 members (excludes halogenated alkanes) is 5. The summed E-state index contributed by atoms with van der Waals surface area (Å²) in [7, 11) is 0. The van der Waals surface area contributed by atoms with Crippen LogP contribution in [-0.4, -0.2) is 24.5 Å². The van der Waals surface area contributed by atoms with Gasteiger partial charge in [0.15, 0.2) is 11.7 Å². The molecule has 22 heavy (non-hydrogen) atoms. The van der Waals surface area contributed by atoms with Crippen molar-refractivity contribution in [3.8, 4) is 0 Å². The van der Waals surface area contributed by atoms with Gasteiger partial charge in [0.25, 0.3) is 0 Å². The first kappa shape index (κ1) is 21.0. The minimum Gasteiger partial charge on any atom is -0.303 e. The molecule has 128 valence electrons. The zero-order valence-corrected chi connectivity index (χ0v) is 14.4. The van der Waals surface area contributed by atoms with Crippen LogP contribution in [0.1, 0.15) is 65.2 Å². The number of rotatable bonds is 14. The summed E-state index contributed by atoms with van der Waals surface area (Å²) in [6.07, 6.45) is 12.3. The average Bonchev–Trinajstić information content (AvgIpc) is 2.50. The van der Waals surface area contributed by atoms with Crippen LogP contribution in [0.15, 0.2) is 36.5 Å². The molecule has 0 saturated carbocycles. The lowest BCUT2D eigenvalue weighted by Gasteiger charge is -2.21. The molecule has 0 fully saturated rings. The smallest absolute Gasteiger partial charge is 0.158 e. The van der Waals surface area contributed by atoms with Crippen LogP contribution in [0.2, 0.25) is 0 Å². The highest BCUT2D eigenvalue weighted by Gasteiger charge is 2.03. The molecule has 0 aromatic carbocycles. The van der Waals surface area contributed by atoms with Gasteiger partial charge < -0.3 is 4.90 Å². The summed E-state index contributed by atoms with van der Waals surface area (Å²) < 4.78 is 26.3. The zero-order valence-electron chi connectivity index (χ0n) is 14.4. The van der Waals surface area contributed by atoms with Crippen LogP contribution >= 0.6 is 0 Å². The Morgan fingerprint density at radius 1 is 0.864 bits per heavy atom. The number of hydrogen-bond donors (Lipinski definition) is 0. The van der Waals surface area contributed by atoms with Crippen molar-refractivity contribution in [2.24, 2.45) is 0 Å². The van der Waals surface area contributed by atoms with Crippen LogP contribution in [-0.2, 0) is 0 Å². The van der Waals surface area contributed by atoms with Gasteiger partial charge in [-0.2, -0.15) is 0 Å². The maximum absolute atomic E-state index is 13.3. The minimum absolute atomic E-state index is 0.591. The third kappa shape index (κ3) is 11.7. The molecule has 0 aliphatic rings. The van der Waals surface area contributed by atoms with Crippen molar-refractivity contribution in [1.29, 1.82) is 0 Å². The molecule has 0 atom stereocenters. The third-order valence-corrected chi connectivity index (χ3v) is 3.61. The molecule has 0 heterocycles. The van der Waals surface area contributed by atoms with E-state index in [4.69, 9.17) is 0 Å². The van der Waals surface area contributed by atoms with Gasteiger partial charge in [-0.15, -0.1) is 0 Å². The van der Waals surface area contributed by atoms with Gasteiger partial charge in [-0.05, 0) is 63.9 Å². The van der Waals surface area contributed by atoms with E-state index >= 15 is 0 Å². The van der Waals surface area contributed by atoms with Crippen LogP contribution in [0, 0.1) is 0 Å². The Kier molecular flexibility index (Phi) is 14.3. The number of halogens is 2.